The summed E-state index contributed by atoms with van der Waals surface area (Å²) in [6.45, 7) is 23.7. The van der Waals surface area contributed by atoms with Gasteiger partial charge in [-0.3, -0.25) is 0 Å². The number of rotatable bonds is 1. The van der Waals surface area contributed by atoms with Crippen LogP contribution in [0.15, 0.2) is 103 Å². The largest absolute Gasteiger partial charge is 0.341 e. The quantitative estimate of drug-likeness (QED) is 0.167. The molecule has 0 N–H and O–H groups in total. The molecular formula is C48H57N. The van der Waals surface area contributed by atoms with Gasteiger partial charge in [-0.05, 0) is 111 Å². The number of nitrogens with zero attached hydrogens (tertiary/aromatic N) is 1. The first-order valence-electron chi connectivity index (χ1n) is 18.5. The summed E-state index contributed by atoms with van der Waals surface area (Å²) in [6.07, 6.45) is 5.03. The van der Waals surface area contributed by atoms with Gasteiger partial charge in [0.05, 0.1) is 0 Å². The van der Waals surface area contributed by atoms with Crippen LogP contribution in [-0.4, -0.2) is 4.57 Å². The molecule has 8 rings (SSSR count). The standard InChI is InChI=1S/C18H21N.C17H18.C13H18/c1-5-19-16-9-7-6-8-14(16)15-11-10-13(12-17(15)19)18(2,3)4;1-17(2,3)14-8-9-16-13(11-14)10-12-6-4-5-7-15(12)16;1-13(2,3)12-8-7-10-5-4-6-11(10)9-12/h6-12H,5H2,1-4H3;4-9,11H,10H2,1-3H3;7-9H,4-6H2,1-3H3. The summed E-state index contributed by atoms with van der Waals surface area (Å²) in [4.78, 5) is 0. The van der Waals surface area contributed by atoms with Crippen LogP contribution in [-0.2, 0) is 42.1 Å². The van der Waals surface area contributed by atoms with E-state index in [1.54, 1.807) is 11.1 Å². The maximum atomic E-state index is 2.42. The van der Waals surface area contributed by atoms with E-state index in [1.165, 1.54) is 80.0 Å². The lowest BCUT2D eigenvalue weighted by Crippen LogP contribution is -2.11. The molecule has 0 radical (unpaired) electrons. The second-order valence-electron chi connectivity index (χ2n) is 17.3. The van der Waals surface area contributed by atoms with Crippen LogP contribution in [0.5, 0.6) is 0 Å². The van der Waals surface area contributed by atoms with Crippen molar-refractivity contribution in [1.82, 2.24) is 4.57 Å². The zero-order valence-electron chi connectivity index (χ0n) is 31.8. The summed E-state index contributed by atoms with van der Waals surface area (Å²) in [5, 5.41) is 2.73. The van der Waals surface area contributed by atoms with Crippen molar-refractivity contribution in [2.45, 2.75) is 118 Å². The Morgan fingerprint density at radius 2 is 1.00 bits per heavy atom. The molecule has 5 aromatic carbocycles. The first-order valence-corrected chi connectivity index (χ1v) is 18.5. The normalized spacial score (nSPS) is 13.7. The first-order chi connectivity index (χ1) is 23.1. The molecule has 1 nitrogen and oxygen atoms in total. The van der Waals surface area contributed by atoms with Gasteiger partial charge >= 0.3 is 0 Å². The number of fused-ring (bicyclic) bond motifs is 7. The SMILES string of the molecule is CC(C)(C)c1ccc2c(c1)CCC2.CC(C)(C)c1ccc2c(c1)Cc1ccccc1-2.CCn1c2ccccc2c2ccc(C(C)(C)C)cc21. The van der Waals surface area contributed by atoms with E-state index in [0.717, 1.165) is 13.0 Å². The third-order valence-corrected chi connectivity index (χ3v) is 10.6. The number of aromatic nitrogens is 1. The molecule has 0 unspecified atom stereocenters. The molecule has 0 atom stereocenters. The highest BCUT2D eigenvalue weighted by Gasteiger charge is 2.22. The van der Waals surface area contributed by atoms with Crippen LogP contribution in [0.25, 0.3) is 32.9 Å². The van der Waals surface area contributed by atoms with Gasteiger partial charge in [0.1, 0.15) is 0 Å². The Labute approximate surface area is 296 Å². The molecule has 0 saturated carbocycles. The van der Waals surface area contributed by atoms with Gasteiger partial charge in [0.25, 0.3) is 0 Å². The number of para-hydroxylation sites is 1. The van der Waals surface area contributed by atoms with Gasteiger partial charge in [0.15, 0.2) is 0 Å². The Morgan fingerprint density at radius 3 is 1.69 bits per heavy atom. The molecule has 0 fully saturated rings. The van der Waals surface area contributed by atoms with E-state index in [1.807, 2.05) is 0 Å². The zero-order chi connectivity index (χ0) is 35.1. The third-order valence-electron chi connectivity index (χ3n) is 10.6. The molecule has 0 bridgehead atoms. The minimum Gasteiger partial charge on any atom is -0.341 e. The maximum absolute atomic E-state index is 2.42. The van der Waals surface area contributed by atoms with Crippen molar-refractivity contribution in [2.24, 2.45) is 0 Å². The van der Waals surface area contributed by atoms with Crippen LogP contribution in [0.3, 0.4) is 0 Å². The van der Waals surface area contributed by atoms with Gasteiger partial charge in [-0.25, -0.2) is 0 Å². The molecule has 0 spiro atoms. The molecule has 1 aromatic heterocycles. The number of aryl methyl sites for hydroxylation is 3. The van der Waals surface area contributed by atoms with Crippen LogP contribution < -0.4 is 0 Å². The minimum absolute atomic E-state index is 0.198. The van der Waals surface area contributed by atoms with E-state index in [9.17, 15) is 0 Å². The predicted octanol–water partition coefficient (Wildman–Crippen LogP) is 13.1. The molecule has 2 aliphatic rings. The molecule has 0 aliphatic heterocycles. The average molecular weight is 648 g/mol. The molecule has 49 heavy (non-hydrogen) atoms. The maximum Gasteiger partial charge on any atom is 0.0494 e. The second kappa shape index (κ2) is 13.3. The Morgan fingerprint density at radius 1 is 0.469 bits per heavy atom. The number of hydrogen-bond acceptors (Lipinski definition) is 0. The van der Waals surface area contributed by atoms with Crippen molar-refractivity contribution in [1.29, 1.82) is 0 Å². The molecule has 1 heterocycles. The van der Waals surface area contributed by atoms with Crippen LogP contribution in [0.1, 0.15) is 115 Å². The van der Waals surface area contributed by atoms with Crippen LogP contribution >= 0.6 is 0 Å². The fourth-order valence-corrected chi connectivity index (χ4v) is 7.51. The smallest absolute Gasteiger partial charge is 0.0494 e. The lowest BCUT2D eigenvalue weighted by atomic mass is 9.85. The molecule has 6 aromatic rings. The monoisotopic (exact) mass is 647 g/mol. The minimum atomic E-state index is 0.198. The van der Waals surface area contributed by atoms with Gasteiger partial charge in [-0.2, -0.15) is 0 Å². The topological polar surface area (TPSA) is 4.93 Å². The second-order valence-corrected chi connectivity index (χ2v) is 17.3. The molecular weight excluding hydrogens is 591 g/mol. The highest BCUT2D eigenvalue weighted by molar-refractivity contribution is 6.08. The highest BCUT2D eigenvalue weighted by atomic mass is 15.0. The van der Waals surface area contributed by atoms with Gasteiger partial charge < -0.3 is 4.57 Å². The fourth-order valence-electron chi connectivity index (χ4n) is 7.51. The molecule has 1 heteroatoms. The van der Waals surface area contributed by atoms with Crippen molar-refractivity contribution in [2.75, 3.05) is 0 Å². The Kier molecular flexibility index (Phi) is 9.44. The highest BCUT2D eigenvalue weighted by Crippen LogP contribution is 2.39. The molecule has 0 amide bonds. The molecule has 254 valence electrons. The fraction of sp³-hybridized carbons (Fsp3) is 0.375. The lowest BCUT2D eigenvalue weighted by molar-refractivity contribution is 0.589. The van der Waals surface area contributed by atoms with Crippen LogP contribution in [0.4, 0.5) is 0 Å². The summed E-state index contributed by atoms with van der Waals surface area (Å²) >= 11 is 0. The van der Waals surface area contributed by atoms with Gasteiger partial charge in [-0.15, -0.1) is 0 Å². The summed E-state index contributed by atoms with van der Waals surface area (Å²) in [7, 11) is 0. The average Bonchev–Trinajstić information content (AvgIpc) is 3.77. The van der Waals surface area contributed by atoms with Gasteiger partial charge in [0, 0.05) is 28.4 Å². The Bertz CT molecular complexity index is 2100. The van der Waals surface area contributed by atoms with E-state index in [4.69, 9.17) is 0 Å². The summed E-state index contributed by atoms with van der Waals surface area (Å²) in [5.41, 5.74) is 16.7. The van der Waals surface area contributed by atoms with Gasteiger partial charge in [0.2, 0.25) is 0 Å². The van der Waals surface area contributed by atoms with Crippen LogP contribution in [0.2, 0.25) is 0 Å². The number of benzene rings is 5. The number of hydrogen-bond donors (Lipinski definition) is 0. The molecule has 0 saturated heterocycles. The predicted molar refractivity (Wildman–Crippen MR) is 214 cm³/mol. The van der Waals surface area contributed by atoms with Crippen LogP contribution in [0, 0.1) is 0 Å². The lowest BCUT2D eigenvalue weighted by Gasteiger charge is -2.20. The van der Waals surface area contributed by atoms with Gasteiger partial charge in [-0.1, -0.05) is 153 Å². The van der Waals surface area contributed by atoms with Crippen molar-refractivity contribution >= 4 is 21.8 Å². The summed E-state index contributed by atoms with van der Waals surface area (Å²) in [5.74, 6) is 0. The van der Waals surface area contributed by atoms with E-state index >= 15 is 0 Å². The van der Waals surface area contributed by atoms with E-state index < -0.39 is 0 Å². The van der Waals surface area contributed by atoms with Crippen molar-refractivity contribution < 1.29 is 0 Å². The summed E-state index contributed by atoms with van der Waals surface area (Å²) in [6, 6.07) is 38.3. The van der Waals surface area contributed by atoms with E-state index in [2.05, 4.69) is 177 Å². The van der Waals surface area contributed by atoms with Crippen molar-refractivity contribution in [3.05, 3.63) is 142 Å². The zero-order valence-corrected chi connectivity index (χ0v) is 31.8. The van der Waals surface area contributed by atoms with E-state index in [-0.39, 0.29) is 10.8 Å². The van der Waals surface area contributed by atoms with Crippen molar-refractivity contribution in [3.8, 4) is 11.1 Å². The van der Waals surface area contributed by atoms with Crippen molar-refractivity contribution in [3.63, 3.8) is 0 Å². The summed E-state index contributed by atoms with van der Waals surface area (Å²) < 4.78 is 2.42. The first kappa shape index (κ1) is 34.8. The van der Waals surface area contributed by atoms with E-state index in [0.29, 0.717) is 5.41 Å². The molecule has 2 aliphatic carbocycles. The Hall–Kier alpha value is -4.10. The Balaban J connectivity index is 0.000000130. The third kappa shape index (κ3) is 7.28.